The third-order valence-electron chi connectivity index (χ3n) is 3.60. The highest BCUT2D eigenvalue weighted by molar-refractivity contribution is 6.62. The lowest BCUT2D eigenvalue weighted by molar-refractivity contribution is 0.0617. The Morgan fingerprint density at radius 1 is 1.00 bits per heavy atom. The van der Waals surface area contributed by atoms with E-state index in [1.54, 1.807) is 0 Å². The monoisotopic (exact) mass is 280 g/mol. The van der Waals surface area contributed by atoms with E-state index in [1.807, 2.05) is 20.8 Å². The zero-order chi connectivity index (χ0) is 13.7. The molecule has 1 aromatic carbocycles. The highest BCUT2D eigenvalue weighted by Crippen LogP contribution is 2.40. The molecule has 2 rings (SSSR count). The minimum absolute atomic E-state index is 0.295. The molecule has 1 atom stereocenters. The Kier molecular flexibility index (Phi) is 5.16. The molecule has 0 saturated heterocycles. The van der Waals surface area contributed by atoms with Crippen molar-refractivity contribution in [2.24, 2.45) is 0 Å². The molecule has 0 bridgehead atoms. The van der Waals surface area contributed by atoms with Gasteiger partial charge in [-0.05, 0) is 44.7 Å². The molecule has 1 unspecified atom stereocenters. The van der Waals surface area contributed by atoms with E-state index >= 15 is 0 Å². The molecule has 0 saturated carbocycles. The van der Waals surface area contributed by atoms with Crippen molar-refractivity contribution in [3.05, 3.63) is 35.4 Å². The molecule has 106 valence electrons. The molecule has 0 aliphatic heterocycles. The van der Waals surface area contributed by atoms with Crippen LogP contribution in [0.5, 0.6) is 0 Å². The number of benzene rings is 1. The number of rotatable bonds is 7. The Bertz CT molecular complexity index is 391. The van der Waals surface area contributed by atoms with E-state index in [1.165, 1.54) is 11.1 Å². The summed E-state index contributed by atoms with van der Waals surface area (Å²) in [5, 5.41) is 0. The molecule has 1 aliphatic carbocycles. The quantitative estimate of drug-likeness (QED) is 0.717. The number of hydrogen-bond acceptors (Lipinski definition) is 3. The van der Waals surface area contributed by atoms with Gasteiger partial charge >= 0.3 is 8.80 Å². The van der Waals surface area contributed by atoms with Gasteiger partial charge in [-0.15, -0.1) is 0 Å². The van der Waals surface area contributed by atoms with Crippen LogP contribution in [0.2, 0.25) is 0 Å². The molecule has 3 nitrogen and oxygen atoms in total. The van der Waals surface area contributed by atoms with Gasteiger partial charge in [0.15, 0.2) is 0 Å². The van der Waals surface area contributed by atoms with Crippen LogP contribution in [0.1, 0.15) is 43.9 Å². The summed E-state index contributed by atoms with van der Waals surface area (Å²) < 4.78 is 18.1. The van der Waals surface area contributed by atoms with E-state index in [9.17, 15) is 0 Å². The van der Waals surface area contributed by atoms with Gasteiger partial charge in [0, 0.05) is 19.8 Å². The summed E-state index contributed by atoms with van der Waals surface area (Å²) >= 11 is 0. The average Bonchev–Trinajstić information content (AvgIpc) is 2.84. The summed E-state index contributed by atoms with van der Waals surface area (Å²) in [5.41, 5.74) is 3.08. The minimum Gasteiger partial charge on any atom is -0.373 e. The normalized spacial score (nSPS) is 18.6. The van der Waals surface area contributed by atoms with Crippen molar-refractivity contribution in [3.8, 4) is 0 Å². The van der Waals surface area contributed by atoms with Gasteiger partial charge in [0.25, 0.3) is 0 Å². The van der Waals surface area contributed by atoms with Gasteiger partial charge < -0.3 is 13.3 Å². The van der Waals surface area contributed by atoms with Crippen molar-refractivity contribution in [1.82, 2.24) is 0 Å². The van der Waals surface area contributed by atoms with Gasteiger partial charge in [0.2, 0.25) is 0 Å². The van der Waals surface area contributed by atoms with Crippen LogP contribution in [0, 0.1) is 0 Å². The summed E-state index contributed by atoms with van der Waals surface area (Å²) in [4.78, 5) is 0. The fourth-order valence-electron chi connectivity index (χ4n) is 2.95. The Hall–Kier alpha value is -0.683. The van der Waals surface area contributed by atoms with Crippen molar-refractivity contribution >= 4 is 8.80 Å². The van der Waals surface area contributed by atoms with Gasteiger partial charge in [0.05, 0.1) is 5.54 Å². The van der Waals surface area contributed by atoms with Crippen molar-refractivity contribution < 1.29 is 13.3 Å². The maximum absolute atomic E-state index is 6.05. The van der Waals surface area contributed by atoms with Crippen molar-refractivity contribution in [2.75, 3.05) is 19.8 Å². The third-order valence-corrected chi connectivity index (χ3v) is 7.12. The first-order valence-corrected chi connectivity index (χ1v) is 9.07. The lowest BCUT2D eigenvalue weighted by Gasteiger charge is -2.33. The second kappa shape index (κ2) is 6.66. The van der Waals surface area contributed by atoms with Crippen LogP contribution in [-0.4, -0.2) is 28.6 Å². The largest absolute Gasteiger partial charge is 0.508 e. The molecule has 19 heavy (non-hydrogen) atoms. The number of aryl methyl sites for hydroxylation is 1. The standard InChI is InChI=1S/C15H24O3Si/c1-4-16-19(17-5-2,18-6-3)15-12-11-13-9-7-8-10-14(13)15/h7-10,15H,4-6,11-12H2,1-3H3. The van der Waals surface area contributed by atoms with E-state index in [2.05, 4.69) is 24.3 Å². The zero-order valence-corrected chi connectivity index (χ0v) is 13.1. The SMILES string of the molecule is CCO[Si](OCC)(OCC)C1CCc2ccccc21. The van der Waals surface area contributed by atoms with Crippen molar-refractivity contribution in [1.29, 1.82) is 0 Å². The van der Waals surface area contributed by atoms with Crippen LogP contribution in [0.3, 0.4) is 0 Å². The van der Waals surface area contributed by atoms with Crippen LogP contribution < -0.4 is 0 Å². The van der Waals surface area contributed by atoms with E-state index in [0.29, 0.717) is 25.4 Å². The van der Waals surface area contributed by atoms with Gasteiger partial charge in [-0.2, -0.15) is 0 Å². The molecule has 4 heteroatoms. The molecule has 0 aromatic heterocycles. The first-order chi connectivity index (χ1) is 9.27. The maximum atomic E-state index is 6.05. The first-order valence-electron chi connectivity index (χ1n) is 7.27. The zero-order valence-electron chi connectivity index (χ0n) is 12.1. The third kappa shape index (κ3) is 2.92. The van der Waals surface area contributed by atoms with Crippen LogP contribution in [-0.2, 0) is 19.7 Å². The summed E-state index contributed by atoms with van der Waals surface area (Å²) in [6.07, 6.45) is 2.17. The topological polar surface area (TPSA) is 27.7 Å². The first kappa shape index (κ1) is 14.7. The molecule has 0 radical (unpaired) electrons. The second-order valence-electron chi connectivity index (χ2n) is 4.69. The van der Waals surface area contributed by atoms with E-state index in [0.717, 1.165) is 12.8 Å². The summed E-state index contributed by atoms with van der Waals surface area (Å²) in [6.45, 7) is 7.97. The molecule has 1 aromatic rings. The summed E-state index contributed by atoms with van der Waals surface area (Å²) in [5.74, 6) is 0. The summed E-state index contributed by atoms with van der Waals surface area (Å²) in [6, 6.07) is 8.61. The van der Waals surface area contributed by atoms with Crippen LogP contribution in [0.25, 0.3) is 0 Å². The highest BCUT2D eigenvalue weighted by atomic mass is 28.4. The molecule has 0 spiro atoms. The molecule has 0 N–H and O–H groups in total. The summed E-state index contributed by atoms with van der Waals surface area (Å²) in [7, 11) is -2.61. The predicted octanol–water partition coefficient (Wildman–Crippen LogP) is 3.30. The Labute approximate surface area is 117 Å². The smallest absolute Gasteiger partial charge is 0.373 e. The van der Waals surface area contributed by atoms with E-state index in [4.69, 9.17) is 13.3 Å². The molecule has 0 heterocycles. The van der Waals surface area contributed by atoms with Crippen molar-refractivity contribution in [2.45, 2.75) is 39.2 Å². The van der Waals surface area contributed by atoms with Gasteiger partial charge in [0.1, 0.15) is 0 Å². The lowest BCUT2D eigenvalue weighted by Crippen LogP contribution is -2.51. The number of hydrogen-bond donors (Lipinski definition) is 0. The van der Waals surface area contributed by atoms with E-state index in [-0.39, 0.29) is 0 Å². The van der Waals surface area contributed by atoms with Crippen molar-refractivity contribution in [3.63, 3.8) is 0 Å². The predicted molar refractivity (Wildman–Crippen MR) is 78.1 cm³/mol. The fraction of sp³-hybridized carbons (Fsp3) is 0.600. The second-order valence-corrected chi connectivity index (χ2v) is 7.46. The molecule has 0 fully saturated rings. The van der Waals surface area contributed by atoms with Gasteiger partial charge in [-0.1, -0.05) is 24.3 Å². The minimum atomic E-state index is -2.61. The Morgan fingerprint density at radius 3 is 2.16 bits per heavy atom. The van der Waals surface area contributed by atoms with Gasteiger partial charge in [-0.25, -0.2) is 0 Å². The molecule has 1 aliphatic rings. The molecular formula is C15H24O3Si. The Morgan fingerprint density at radius 2 is 1.58 bits per heavy atom. The fourth-order valence-corrected chi connectivity index (χ4v) is 6.18. The Balaban J connectivity index is 2.33. The average molecular weight is 280 g/mol. The molecular weight excluding hydrogens is 256 g/mol. The highest BCUT2D eigenvalue weighted by Gasteiger charge is 2.51. The number of fused-ring (bicyclic) bond motifs is 1. The van der Waals surface area contributed by atoms with Crippen LogP contribution in [0.4, 0.5) is 0 Å². The molecule has 0 amide bonds. The van der Waals surface area contributed by atoms with Gasteiger partial charge in [-0.3, -0.25) is 0 Å². The maximum Gasteiger partial charge on any atom is 0.508 e. The van der Waals surface area contributed by atoms with Crippen LogP contribution in [0.15, 0.2) is 24.3 Å². The van der Waals surface area contributed by atoms with E-state index < -0.39 is 8.80 Å². The lowest BCUT2D eigenvalue weighted by atomic mass is 10.1. The van der Waals surface area contributed by atoms with Crippen LogP contribution >= 0.6 is 0 Å².